The van der Waals surface area contributed by atoms with Gasteiger partial charge in [-0.1, -0.05) is 0 Å². The molecular formula is C17H25N3O4S. The van der Waals surface area contributed by atoms with Gasteiger partial charge in [0, 0.05) is 39.3 Å². The zero-order valence-electron chi connectivity index (χ0n) is 14.8. The number of hydrogen-bond acceptors (Lipinski definition) is 5. The molecule has 3 rings (SSSR count). The highest BCUT2D eigenvalue weighted by molar-refractivity contribution is 7.89. The quantitative estimate of drug-likeness (QED) is 0.790. The zero-order chi connectivity index (χ0) is 18.0. The predicted molar refractivity (Wildman–Crippen MR) is 94.4 cm³/mol. The summed E-state index contributed by atoms with van der Waals surface area (Å²) < 4.78 is 32.6. The Hall–Kier alpha value is -1.64. The fourth-order valence-electron chi connectivity index (χ4n) is 3.28. The third-order valence-corrected chi connectivity index (χ3v) is 6.79. The van der Waals surface area contributed by atoms with Crippen LogP contribution in [0.4, 0.5) is 0 Å². The molecule has 0 spiro atoms. The molecule has 0 radical (unpaired) electrons. The standard InChI is InChI=1S/C17H25N3O4S/c1-18-9-11-20(12-10-18)25(22,23)14-5-6-16(24-2)15(13-14)17(21)19-7-3-4-8-19/h5-6,13H,3-4,7-12H2,1-2H3. The smallest absolute Gasteiger partial charge is 0.257 e. The molecular weight excluding hydrogens is 342 g/mol. The largest absolute Gasteiger partial charge is 0.496 e. The molecule has 0 bridgehead atoms. The van der Waals surface area contributed by atoms with Gasteiger partial charge in [-0.3, -0.25) is 4.79 Å². The molecule has 2 aliphatic heterocycles. The lowest BCUT2D eigenvalue weighted by Gasteiger charge is -2.31. The number of likely N-dealkylation sites (N-methyl/N-ethyl adjacent to an activating group) is 1. The van der Waals surface area contributed by atoms with E-state index in [0.29, 0.717) is 50.6 Å². The first-order chi connectivity index (χ1) is 11.9. The Balaban J connectivity index is 1.91. The van der Waals surface area contributed by atoms with Crippen molar-refractivity contribution in [3.63, 3.8) is 0 Å². The summed E-state index contributed by atoms with van der Waals surface area (Å²) in [5.74, 6) is 0.249. The van der Waals surface area contributed by atoms with Gasteiger partial charge in [-0.15, -0.1) is 0 Å². The van der Waals surface area contributed by atoms with Crippen molar-refractivity contribution in [2.24, 2.45) is 0 Å². The lowest BCUT2D eigenvalue weighted by Crippen LogP contribution is -2.47. The van der Waals surface area contributed by atoms with Crippen molar-refractivity contribution < 1.29 is 17.9 Å². The summed E-state index contributed by atoms with van der Waals surface area (Å²) in [7, 11) is -0.142. The van der Waals surface area contributed by atoms with Crippen LogP contribution in [0.25, 0.3) is 0 Å². The molecule has 0 atom stereocenters. The van der Waals surface area contributed by atoms with Crippen LogP contribution >= 0.6 is 0 Å². The summed E-state index contributed by atoms with van der Waals surface area (Å²) in [6.07, 6.45) is 1.96. The van der Waals surface area contributed by atoms with E-state index in [9.17, 15) is 13.2 Å². The number of ether oxygens (including phenoxy) is 1. The summed E-state index contributed by atoms with van der Waals surface area (Å²) in [5, 5.41) is 0. The number of nitrogens with zero attached hydrogens (tertiary/aromatic N) is 3. The Kier molecular flexibility index (Phi) is 5.31. The van der Waals surface area contributed by atoms with E-state index in [4.69, 9.17) is 4.74 Å². The second kappa shape index (κ2) is 7.31. The van der Waals surface area contributed by atoms with Crippen LogP contribution in [0, 0.1) is 0 Å². The first kappa shape index (κ1) is 18.2. The third-order valence-electron chi connectivity index (χ3n) is 4.89. The van der Waals surface area contributed by atoms with Crippen molar-refractivity contribution in [3.8, 4) is 5.75 Å². The first-order valence-electron chi connectivity index (χ1n) is 8.59. The molecule has 0 aliphatic carbocycles. The van der Waals surface area contributed by atoms with Gasteiger partial charge in [0.1, 0.15) is 5.75 Å². The fraction of sp³-hybridized carbons (Fsp3) is 0.588. The molecule has 0 saturated carbocycles. The number of carbonyl (C=O) groups excluding carboxylic acids is 1. The van der Waals surface area contributed by atoms with Crippen LogP contribution in [-0.2, 0) is 10.0 Å². The van der Waals surface area contributed by atoms with Gasteiger partial charge in [0.25, 0.3) is 5.91 Å². The number of likely N-dealkylation sites (tertiary alicyclic amines) is 1. The van der Waals surface area contributed by atoms with Crippen molar-refractivity contribution in [2.75, 3.05) is 53.4 Å². The summed E-state index contributed by atoms with van der Waals surface area (Å²) in [5.41, 5.74) is 0.319. The molecule has 8 heteroatoms. The van der Waals surface area contributed by atoms with Gasteiger partial charge in [-0.25, -0.2) is 8.42 Å². The summed E-state index contributed by atoms with van der Waals surface area (Å²) in [6, 6.07) is 4.56. The Morgan fingerprint density at radius 1 is 1.04 bits per heavy atom. The number of amides is 1. The Labute approximate surface area is 149 Å². The molecule has 2 aliphatic rings. The molecule has 2 heterocycles. The Morgan fingerprint density at radius 2 is 1.68 bits per heavy atom. The van der Waals surface area contributed by atoms with Crippen molar-refractivity contribution in [3.05, 3.63) is 23.8 Å². The maximum Gasteiger partial charge on any atom is 0.257 e. The highest BCUT2D eigenvalue weighted by atomic mass is 32.2. The van der Waals surface area contributed by atoms with Gasteiger partial charge >= 0.3 is 0 Å². The van der Waals surface area contributed by atoms with E-state index in [-0.39, 0.29) is 10.8 Å². The van der Waals surface area contributed by atoms with Crippen LogP contribution in [0.5, 0.6) is 5.75 Å². The molecule has 7 nitrogen and oxygen atoms in total. The van der Waals surface area contributed by atoms with Gasteiger partial charge in [0.05, 0.1) is 17.6 Å². The predicted octanol–water partition coefficient (Wildman–Crippen LogP) is 0.867. The zero-order valence-corrected chi connectivity index (χ0v) is 15.6. The molecule has 0 N–H and O–H groups in total. The average molecular weight is 367 g/mol. The number of rotatable bonds is 4. The van der Waals surface area contributed by atoms with Gasteiger partial charge in [-0.05, 0) is 38.1 Å². The van der Waals surface area contributed by atoms with E-state index in [0.717, 1.165) is 12.8 Å². The maximum absolute atomic E-state index is 12.9. The van der Waals surface area contributed by atoms with E-state index in [2.05, 4.69) is 4.90 Å². The van der Waals surface area contributed by atoms with Gasteiger partial charge in [0.15, 0.2) is 0 Å². The van der Waals surface area contributed by atoms with Crippen LogP contribution < -0.4 is 4.74 Å². The van der Waals surface area contributed by atoms with Gasteiger partial charge in [-0.2, -0.15) is 4.31 Å². The Bertz CT molecular complexity index is 736. The summed E-state index contributed by atoms with van der Waals surface area (Å²) in [6.45, 7) is 3.74. The first-order valence-corrected chi connectivity index (χ1v) is 10.0. The molecule has 0 aromatic heterocycles. The molecule has 0 unspecified atom stereocenters. The second-order valence-corrected chi connectivity index (χ2v) is 8.51. The number of piperazine rings is 1. The maximum atomic E-state index is 12.9. The normalized spacial score (nSPS) is 20.0. The number of benzene rings is 1. The van der Waals surface area contributed by atoms with Crippen molar-refractivity contribution in [2.45, 2.75) is 17.7 Å². The SMILES string of the molecule is COc1ccc(S(=O)(=O)N2CCN(C)CC2)cc1C(=O)N1CCCC1. The van der Waals surface area contributed by atoms with Gasteiger partial charge in [0.2, 0.25) is 10.0 Å². The van der Waals surface area contributed by atoms with Crippen molar-refractivity contribution >= 4 is 15.9 Å². The molecule has 1 aromatic carbocycles. The molecule has 25 heavy (non-hydrogen) atoms. The summed E-state index contributed by atoms with van der Waals surface area (Å²) in [4.78, 5) is 16.8. The summed E-state index contributed by atoms with van der Waals surface area (Å²) >= 11 is 0. The minimum absolute atomic E-state index is 0.153. The van der Waals surface area contributed by atoms with Crippen LogP contribution in [0.2, 0.25) is 0 Å². The molecule has 138 valence electrons. The fourth-order valence-corrected chi connectivity index (χ4v) is 4.73. The topological polar surface area (TPSA) is 70.2 Å². The van der Waals surface area contributed by atoms with Gasteiger partial charge < -0.3 is 14.5 Å². The average Bonchev–Trinajstić information content (AvgIpc) is 3.15. The number of sulfonamides is 1. The molecule has 1 amide bonds. The van der Waals surface area contributed by atoms with Crippen LogP contribution in [-0.4, -0.2) is 81.9 Å². The Morgan fingerprint density at radius 3 is 2.28 bits per heavy atom. The molecule has 2 saturated heterocycles. The highest BCUT2D eigenvalue weighted by Gasteiger charge is 2.30. The van der Waals surface area contributed by atoms with Crippen LogP contribution in [0.1, 0.15) is 23.2 Å². The lowest BCUT2D eigenvalue weighted by atomic mass is 10.1. The number of methoxy groups -OCH3 is 1. The minimum Gasteiger partial charge on any atom is -0.496 e. The molecule has 1 aromatic rings. The number of hydrogen-bond donors (Lipinski definition) is 0. The van der Waals surface area contributed by atoms with E-state index in [1.54, 1.807) is 11.0 Å². The minimum atomic E-state index is -3.61. The van der Waals surface area contributed by atoms with E-state index in [1.165, 1.54) is 23.5 Å². The van der Waals surface area contributed by atoms with E-state index >= 15 is 0 Å². The molecule has 2 fully saturated rings. The second-order valence-electron chi connectivity index (χ2n) is 6.57. The lowest BCUT2D eigenvalue weighted by molar-refractivity contribution is 0.0789. The van der Waals surface area contributed by atoms with Crippen molar-refractivity contribution in [1.82, 2.24) is 14.1 Å². The highest BCUT2D eigenvalue weighted by Crippen LogP contribution is 2.27. The van der Waals surface area contributed by atoms with E-state index < -0.39 is 10.0 Å². The number of carbonyl (C=O) groups is 1. The van der Waals surface area contributed by atoms with Crippen molar-refractivity contribution in [1.29, 1.82) is 0 Å². The van der Waals surface area contributed by atoms with Crippen LogP contribution in [0.15, 0.2) is 23.1 Å². The van der Waals surface area contributed by atoms with E-state index in [1.807, 2.05) is 7.05 Å². The third kappa shape index (κ3) is 3.65. The monoisotopic (exact) mass is 367 g/mol. The van der Waals surface area contributed by atoms with Crippen LogP contribution in [0.3, 0.4) is 0 Å².